The molecule has 0 aliphatic carbocycles. The molecule has 0 bridgehead atoms. The predicted octanol–water partition coefficient (Wildman–Crippen LogP) is 3.38. The van der Waals surface area contributed by atoms with Crippen LogP contribution in [0.2, 0.25) is 0 Å². The van der Waals surface area contributed by atoms with Crippen molar-refractivity contribution in [1.82, 2.24) is 10.2 Å². The van der Waals surface area contributed by atoms with Gasteiger partial charge in [0.15, 0.2) is 0 Å². The topological polar surface area (TPSA) is 15.3 Å². The minimum Gasteiger partial charge on any atom is -0.313 e. The summed E-state index contributed by atoms with van der Waals surface area (Å²) in [5.74, 6) is 2.62. The Bertz CT molecular complexity index is 213. The lowest BCUT2D eigenvalue weighted by Crippen LogP contribution is -2.35. The van der Waals surface area contributed by atoms with E-state index in [-0.39, 0.29) is 0 Å². The van der Waals surface area contributed by atoms with Gasteiger partial charge in [0.1, 0.15) is 0 Å². The van der Waals surface area contributed by atoms with Gasteiger partial charge in [0.05, 0.1) is 0 Å². The highest BCUT2D eigenvalue weighted by Crippen LogP contribution is 2.22. The van der Waals surface area contributed by atoms with Crippen molar-refractivity contribution >= 4 is 0 Å². The second-order valence-corrected chi connectivity index (χ2v) is 6.92. The summed E-state index contributed by atoms with van der Waals surface area (Å²) in [4.78, 5) is 2.63. The van der Waals surface area contributed by atoms with Crippen LogP contribution in [0.4, 0.5) is 0 Å². The molecule has 0 aromatic heterocycles. The molecule has 0 radical (unpaired) electrons. The lowest BCUT2D eigenvalue weighted by molar-refractivity contribution is 0.295. The van der Waals surface area contributed by atoms with Gasteiger partial charge in [-0.1, -0.05) is 27.7 Å². The molecule has 1 saturated heterocycles. The van der Waals surface area contributed by atoms with Crippen molar-refractivity contribution < 1.29 is 0 Å². The highest BCUT2D eigenvalue weighted by Gasteiger charge is 2.24. The van der Waals surface area contributed by atoms with Gasteiger partial charge >= 0.3 is 0 Å². The van der Waals surface area contributed by atoms with Gasteiger partial charge in [0.25, 0.3) is 0 Å². The van der Waals surface area contributed by atoms with Crippen molar-refractivity contribution in [3.63, 3.8) is 0 Å². The Labute approximate surface area is 115 Å². The van der Waals surface area contributed by atoms with Crippen molar-refractivity contribution in [3.05, 3.63) is 0 Å². The lowest BCUT2D eigenvalue weighted by atomic mass is 9.95. The third-order valence-corrected chi connectivity index (χ3v) is 4.35. The molecule has 108 valence electrons. The van der Waals surface area contributed by atoms with Gasteiger partial charge in [0.2, 0.25) is 0 Å². The molecule has 0 aromatic carbocycles. The molecule has 2 heteroatoms. The van der Waals surface area contributed by atoms with Gasteiger partial charge in [-0.15, -0.1) is 0 Å². The molecule has 1 heterocycles. The Kier molecular flexibility index (Phi) is 7.25. The molecule has 0 spiro atoms. The fourth-order valence-electron chi connectivity index (χ4n) is 2.76. The Hall–Kier alpha value is -0.0800. The van der Waals surface area contributed by atoms with E-state index in [9.17, 15) is 0 Å². The lowest BCUT2D eigenvalue weighted by Gasteiger charge is -2.20. The highest BCUT2D eigenvalue weighted by atomic mass is 15.2. The molecule has 0 amide bonds. The summed E-state index contributed by atoms with van der Waals surface area (Å²) in [5, 5.41) is 3.67. The largest absolute Gasteiger partial charge is 0.313 e. The van der Waals surface area contributed by atoms with Crippen molar-refractivity contribution in [2.75, 3.05) is 26.2 Å². The van der Waals surface area contributed by atoms with E-state index in [1.165, 1.54) is 38.9 Å². The summed E-state index contributed by atoms with van der Waals surface area (Å²) in [7, 11) is 0. The number of likely N-dealkylation sites (tertiary alicyclic amines) is 1. The average Bonchev–Trinajstić information content (AvgIpc) is 2.75. The quantitative estimate of drug-likeness (QED) is 0.714. The van der Waals surface area contributed by atoms with Crippen LogP contribution in [0.3, 0.4) is 0 Å². The van der Waals surface area contributed by atoms with Gasteiger partial charge in [-0.25, -0.2) is 0 Å². The van der Waals surface area contributed by atoms with Gasteiger partial charge in [-0.3, -0.25) is 0 Å². The van der Waals surface area contributed by atoms with Crippen molar-refractivity contribution in [1.29, 1.82) is 0 Å². The van der Waals surface area contributed by atoms with Crippen LogP contribution >= 0.6 is 0 Å². The molecule has 2 atom stereocenters. The maximum Gasteiger partial charge on any atom is 0.0107 e. The van der Waals surface area contributed by atoms with Crippen molar-refractivity contribution in [3.8, 4) is 0 Å². The minimum absolute atomic E-state index is 0.677. The van der Waals surface area contributed by atoms with E-state index in [0.717, 1.165) is 24.3 Å². The molecule has 1 aliphatic heterocycles. The van der Waals surface area contributed by atoms with Crippen LogP contribution in [-0.2, 0) is 0 Å². The number of hydrogen-bond acceptors (Lipinski definition) is 2. The Morgan fingerprint density at radius 2 is 1.83 bits per heavy atom. The second-order valence-electron chi connectivity index (χ2n) is 6.92. The summed E-state index contributed by atoms with van der Waals surface area (Å²) in [6.45, 7) is 16.7. The molecule has 1 fully saturated rings. The van der Waals surface area contributed by atoms with Crippen LogP contribution in [0, 0.1) is 17.8 Å². The van der Waals surface area contributed by atoms with E-state index < -0.39 is 0 Å². The monoisotopic (exact) mass is 254 g/mol. The van der Waals surface area contributed by atoms with Crippen LogP contribution in [-0.4, -0.2) is 37.1 Å². The first-order chi connectivity index (χ1) is 8.49. The molecule has 2 nitrogen and oxygen atoms in total. The van der Waals surface area contributed by atoms with E-state index in [1.54, 1.807) is 0 Å². The SMILES string of the molecule is CC(C)CCC(C)NCCN1CCC(C(C)C)C1. The summed E-state index contributed by atoms with van der Waals surface area (Å²) in [5.41, 5.74) is 0. The van der Waals surface area contributed by atoms with E-state index >= 15 is 0 Å². The first-order valence-corrected chi connectivity index (χ1v) is 7.94. The number of hydrogen-bond donors (Lipinski definition) is 1. The molecule has 1 rings (SSSR count). The van der Waals surface area contributed by atoms with Gasteiger partial charge in [-0.2, -0.15) is 0 Å². The second kappa shape index (κ2) is 8.16. The zero-order valence-electron chi connectivity index (χ0n) is 13.2. The molecule has 18 heavy (non-hydrogen) atoms. The molecule has 1 N–H and O–H groups in total. The Morgan fingerprint density at radius 1 is 1.11 bits per heavy atom. The standard InChI is InChI=1S/C16H34N2/c1-13(2)6-7-15(5)17-9-11-18-10-8-16(12-18)14(3)4/h13-17H,6-12H2,1-5H3. The van der Waals surface area contributed by atoms with Gasteiger partial charge < -0.3 is 10.2 Å². The maximum atomic E-state index is 3.67. The average molecular weight is 254 g/mol. The third kappa shape index (κ3) is 6.19. The van der Waals surface area contributed by atoms with Crippen LogP contribution in [0.15, 0.2) is 0 Å². The zero-order chi connectivity index (χ0) is 13.5. The first-order valence-electron chi connectivity index (χ1n) is 7.94. The van der Waals surface area contributed by atoms with Crippen molar-refractivity contribution in [2.45, 2.75) is 59.9 Å². The van der Waals surface area contributed by atoms with Crippen LogP contribution in [0.25, 0.3) is 0 Å². The molecule has 0 aromatic rings. The van der Waals surface area contributed by atoms with Crippen LogP contribution in [0.1, 0.15) is 53.9 Å². The molecular formula is C16H34N2. The Balaban J connectivity index is 2.04. The number of rotatable bonds is 8. The maximum absolute atomic E-state index is 3.67. The van der Waals surface area contributed by atoms with E-state index in [4.69, 9.17) is 0 Å². The summed E-state index contributed by atoms with van der Waals surface area (Å²) >= 11 is 0. The molecular weight excluding hydrogens is 220 g/mol. The van der Waals surface area contributed by atoms with Crippen molar-refractivity contribution in [2.24, 2.45) is 17.8 Å². The third-order valence-electron chi connectivity index (χ3n) is 4.35. The molecule has 1 aliphatic rings. The predicted molar refractivity (Wildman–Crippen MR) is 80.9 cm³/mol. The van der Waals surface area contributed by atoms with Gasteiger partial charge in [0, 0.05) is 25.7 Å². The number of nitrogens with one attached hydrogen (secondary N) is 1. The molecule has 2 unspecified atom stereocenters. The first kappa shape index (κ1) is 16.0. The van der Waals surface area contributed by atoms with Crippen LogP contribution < -0.4 is 5.32 Å². The Morgan fingerprint density at radius 3 is 2.39 bits per heavy atom. The van der Waals surface area contributed by atoms with E-state index in [1.807, 2.05) is 0 Å². The highest BCUT2D eigenvalue weighted by molar-refractivity contribution is 4.78. The van der Waals surface area contributed by atoms with Crippen LogP contribution in [0.5, 0.6) is 0 Å². The number of nitrogens with zero attached hydrogens (tertiary/aromatic N) is 1. The minimum atomic E-state index is 0.677. The van der Waals surface area contributed by atoms with Gasteiger partial charge in [-0.05, 0) is 50.5 Å². The smallest absolute Gasteiger partial charge is 0.0107 e. The summed E-state index contributed by atoms with van der Waals surface area (Å²) < 4.78 is 0. The fraction of sp³-hybridized carbons (Fsp3) is 1.00. The summed E-state index contributed by atoms with van der Waals surface area (Å²) in [6, 6.07) is 0.677. The summed E-state index contributed by atoms with van der Waals surface area (Å²) in [6.07, 6.45) is 4.06. The van der Waals surface area contributed by atoms with E-state index in [0.29, 0.717) is 6.04 Å². The molecule has 0 saturated carbocycles. The zero-order valence-corrected chi connectivity index (χ0v) is 13.2. The fourth-order valence-corrected chi connectivity index (χ4v) is 2.76. The normalized spacial score (nSPS) is 23.2. The van der Waals surface area contributed by atoms with E-state index in [2.05, 4.69) is 44.8 Å².